The minimum atomic E-state index is -0.172. The van der Waals surface area contributed by atoms with Gasteiger partial charge < -0.3 is 10.4 Å². The van der Waals surface area contributed by atoms with Gasteiger partial charge in [-0.05, 0) is 49.9 Å². The average molecular weight is 334 g/mol. The van der Waals surface area contributed by atoms with Gasteiger partial charge in [0.1, 0.15) is 17.6 Å². The van der Waals surface area contributed by atoms with Gasteiger partial charge in [-0.3, -0.25) is 0 Å². The van der Waals surface area contributed by atoms with Crippen LogP contribution in [0, 0.1) is 11.3 Å². The summed E-state index contributed by atoms with van der Waals surface area (Å²) in [6, 6.07) is 9.79. The molecule has 3 aromatic heterocycles. The second-order valence-corrected chi connectivity index (χ2v) is 6.32. The molecule has 0 aliphatic heterocycles. The van der Waals surface area contributed by atoms with Gasteiger partial charge in [-0.2, -0.15) is 5.26 Å². The van der Waals surface area contributed by atoms with Crippen molar-refractivity contribution >= 4 is 11.5 Å². The van der Waals surface area contributed by atoms with Crippen LogP contribution in [0.25, 0.3) is 16.9 Å². The predicted molar refractivity (Wildman–Crippen MR) is 92.8 cm³/mol. The SMILES string of the molecule is N#Cc1cc(-c2cnc3ccc(N[C@H]4CC[C@H](O)CC4)nn23)ccn1. The van der Waals surface area contributed by atoms with Gasteiger partial charge in [-0.15, -0.1) is 5.10 Å². The monoisotopic (exact) mass is 334 g/mol. The lowest BCUT2D eigenvalue weighted by molar-refractivity contribution is 0.126. The molecule has 4 rings (SSSR count). The first-order valence-electron chi connectivity index (χ1n) is 8.39. The minimum absolute atomic E-state index is 0.172. The Morgan fingerprint density at radius 2 is 2.00 bits per heavy atom. The van der Waals surface area contributed by atoms with Crippen LogP contribution in [-0.4, -0.2) is 36.8 Å². The third-order valence-electron chi connectivity index (χ3n) is 4.58. The number of imidazole rings is 1. The number of hydrogen-bond acceptors (Lipinski definition) is 6. The lowest BCUT2D eigenvalue weighted by Gasteiger charge is -2.26. The van der Waals surface area contributed by atoms with Gasteiger partial charge in [0.15, 0.2) is 5.65 Å². The maximum Gasteiger partial charge on any atom is 0.154 e. The lowest BCUT2D eigenvalue weighted by Crippen LogP contribution is -2.28. The first-order chi connectivity index (χ1) is 12.2. The van der Waals surface area contributed by atoms with E-state index in [1.165, 1.54) is 0 Å². The molecule has 3 heterocycles. The topological polar surface area (TPSA) is 99.1 Å². The largest absolute Gasteiger partial charge is 0.393 e. The summed E-state index contributed by atoms with van der Waals surface area (Å²) in [5.41, 5.74) is 2.78. The fraction of sp³-hybridized carbons (Fsp3) is 0.333. The van der Waals surface area contributed by atoms with E-state index < -0.39 is 0 Å². The number of aliphatic hydroxyl groups is 1. The number of rotatable bonds is 3. The molecule has 126 valence electrons. The standard InChI is InChI=1S/C18H18N6O/c19-10-14-9-12(7-8-20-14)16-11-21-18-6-5-17(23-24(16)18)22-13-1-3-15(25)4-2-13/h5-9,11,13,15,25H,1-4H2,(H,22,23)/t13-,15-. The van der Waals surface area contributed by atoms with Crippen molar-refractivity contribution in [2.45, 2.75) is 37.8 Å². The van der Waals surface area contributed by atoms with Crippen LogP contribution >= 0.6 is 0 Å². The van der Waals surface area contributed by atoms with E-state index in [1.807, 2.05) is 18.2 Å². The Kier molecular flexibility index (Phi) is 4.04. The fourth-order valence-electron chi connectivity index (χ4n) is 3.23. The van der Waals surface area contributed by atoms with Crippen molar-refractivity contribution in [3.63, 3.8) is 0 Å². The number of nitrogens with one attached hydrogen (secondary N) is 1. The maximum atomic E-state index is 9.63. The van der Waals surface area contributed by atoms with Gasteiger partial charge in [0.2, 0.25) is 0 Å². The van der Waals surface area contributed by atoms with Crippen molar-refractivity contribution in [1.29, 1.82) is 5.26 Å². The molecule has 1 aliphatic rings. The summed E-state index contributed by atoms with van der Waals surface area (Å²) in [4.78, 5) is 8.39. The number of fused-ring (bicyclic) bond motifs is 1. The fourth-order valence-corrected chi connectivity index (χ4v) is 3.23. The van der Waals surface area contributed by atoms with Crippen LogP contribution in [0.1, 0.15) is 31.4 Å². The molecule has 0 saturated heterocycles. The maximum absolute atomic E-state index is 9.63. The molecule has 1 saturated carbocycles. The van der Waals surface area contributed by atoms with E-state index in [-0.39, 0.29) is 6.10 Å². The number of hydrogen-bond donors (Lipinski definition) is 2. The van der Waals surface area contributed by atoms with Crippen molar-refractivity contribution in [2.75, 3.05) is 5.32 Å². The summed E-state index contributed by atoms with van der Waals surface area (Å²) < 4.78 is 1.77. The second-order valence-electron chi connectivity index (χ2n) is 6.32. The van der Waals surface area contributed by atoms with Gasteiger partial charge in [0.25, 0.3) is 0 Å². The smallest absolute Gasteiger partial charge is 0.154 e. The second kappa shape index (κ2) is 6.49. The summed E-state index contributed by atoms with van der Waals surface area (Å²) >= 11 is 0. The summed E-state index contributed by atoms with van der Waals surface area (Å²) in [6.45, 7) is 0. The average Bonchev–Trinajstić information content (AvgIpc) is 3.07. The number of aromatic nitrogens is 4. The van der Waals surface area contributed by atoms with E-state index >= 15 is 0 Å². The number of aliphatic hydroxyl groups excluding tert-OH is 1. The highest BCUT2D eigenvalue weighted by molar-refractivity contribution is 5.64. The Hall–Kier alpha value is -2.98. The Balaban J connectivity index is 1.64. The zero-order valence-corrected chi connectivity index (χ0v) is 13.6. The highest BCUT2D eigenvalue weighted by Crippen LogP contribution is 2.24. The molecule has 7 nitrogen and oxygen atoms in total. The molecule has 3 aromatic rings. The Bertz CT molecular complexity index is 936. The van der Waals surface area contributed by atoms with Gasteiger partial charge in [0.05, 0.1) is 18.0 Å². The minimum Gasteiger partial charge on any atom is -0.393 e. The van der Waals surface area contributed by atoms with E-state index in [4.69, 9.17) is 5.26 Å². The predicted octanol–water partition coefficient (Wildman–Crippen LogP) is 2.38. The number of anilines is 1. The molecule has 7 heteroatoms. The summed E-state index contributed by atoms with van der Waals surface area (Å²) in [5.74, 6) is 0.780. The molecule has 0 unspecified atom stereocenters. The number of nitrogens with zero attached hydrogens (tertiary/aromatic N) is 5. The lowest BCUT2D eigenvalue weighted by atomic mass is 9.93. The van der Waals surface area contributed by atoms with E-state index in [0.717, 1.165) is 48.4 Å². The molecular formula is C18H18N6O. The molecular weight excluding hydrogens is 316 g/mol. The van der Waals surface area contributed by atoms with Gasteiger partial charge in [0, 0.05) is 17.8 Å². The molecule has 0 spiro atoms. The van der Waals surface area contributed by atoms with Crippen LogP contribution in [0.5, 0.6) is 0 Å². The Labute approximate surface area is 145 Å². The van der Waals surface area contributed by atoms with Crippen molar-refractivity contribution in [3.8, 4) is 17.3 Å². The van der Waals surface area contributed by atoms with E-state index in [9.17, 15) is 5.11 Å². The number of nitriles is 1. The zero-order chi connectivity index (χ0) is 17.2. The first kappa shape index (κ1) is 15.5. The van der Waals surface area contributed by atoms with Crippen molar-refractivity contribution in [1.82, 2.24) is 19.6 Å². The van der Waals surface area contributed by atoms with Gasteiger partial charge >= 0.3 is 0 Å². The van der Waals surface area contributed by atoms with Crippen molar-refractivity contribution in [3.05, 3.63) is 42.4 Å². The summed E-state index contributed by atoms with van der Waals surface area (Å²) in [5, 5.41) is 26.8. The van der Waals surface area contributed by atoms with E-state index in [1.54, 1.807) is 23.0 Å². The van der Waals surface area contributed by atoms with Crippen LogP contribution in [0.15, 0.2) is 36.7 Å². The molecule has 1 aliphatic carbocycles. The van der Waals surface area contributed by atoms with Crippen molar-refractivity contribution in [2.24, 2.45) is 0 Å². The summed E-state index contributed by atoms with van der Waals surface area (Å²) in [7, 11) is 0. The third-order valence-corrected chi connectivity index (χ3v) is 4.58. The van der Waals surface area contributed by atoms with Gasteiger partial charge in [-0.25, -0.2) is 14.5 Å². The highest BCUT2D eigenvalue weighted by Gasteiger charge is 2.19. The first-order valence-corrected chi connectivity index (χ1v) is 8.39. The molecule has 0 bridgehead atoms. The Morgan fingerprint density at radius 1 is 1.16 bits per heavy atom. The van der Waals surface area contributed by atoms with Crippen molar-refractivity contribution < 1.29 is 5.11 Å². The molecule has 0 atom stereocenters. The molecule has 1 fully saturated rings. The van der Waals surface area contributed by atoms with Crippen LogP contribution in [0.2, 0.25) is 0 Å². The molecule has 0 radical (unpaired) electrons. The quantitative estimate of drug-likeness (QED) is 0.763. The third kappa shape index (κ3) is 3.16. The molecule has 25 heavy (non-hydrogen) atoms. The van der Waals surface area contributed by atoms with E-state index in [0.29, 0.717) is 11.7 Å². The normalized spacial score (nSPS) is 20.3. The van der Waals surface area contributed by atoms with E-state index in [2.05, 4.69) is 26.5 Å². The van der Waals surface area contributed by atoms with Gasteiger partial charge in [-0.1, -0.05) is 0 Å². The van der Waals surface area contributed by atoms with Crippen LogP contribution in [-0.2, 0) is 0 Å². The van der Waals surface area contributed by atoms with Crippen LogP contribution in [0.4, 0.5) is 5.82 Å². The molecule has 0 aromatic carbocycles. The van der Waals surface area contributed by atoms with Crippen LogP contribution in [0.3, 0.4) is 0 Å². The summed E-state index contributed by atoms with van der Waals surface area (Å²) in [6.07, 6.45) is 6.72. The highest BCUT2D eigenvalue weighted by atomic mass is 16.3. The molecule has 0 amide bonds. The Morgan fingerprint density at radius 3 is 2.80 bits per heavy atom. The zero-order valence-electron chi connectivity index (χ0n) is 13.6. The van der Waals surface area contributed by atoms with Crippen LogP contribution < -0.4 is 5.32 Å². The number of pyridine rings is 1. The molecule has 2 N–H and O–H groups in total.